The Morgan fingerprint density at radius 3 is 2.73 bits per heavy atom. The predicted molar refractivity (Wildman–Crippen MR) is 63.8 cm³/mol. The van der Waals surface area contributed by atoms with Crippen molar-refractivity contribution in [2.45, 2.75) is 0 Å². The van der Waals surface area contributed by atoms with Crippen LogP contribution < -0.4 is 10.2 Å². The molecule has 15 heavy (non-hydrogen) atoms. The van der Waals surface area contributed by atoms with Gasteiger partial charge in [-0.1, -0.05) is 23.2 Å². The monoisotopic (exact) mass is 246 g/mol. The van der Waals surface area contributed by atoms with Crippen molar-refractivity contribution in [3.63, 3.8) is 0 Å². The molecule has 0 heterocycles. The summed E-state index contributed by atoms with van der Waals surface area (Å²) in [5, 5.41) is 3.84. The van der Waals surface area contributed by atoms with E-state index in [0.29, 0.717) is 15.7 Å². The first-order chi connectivity index (χ1) is 7.06. The molecule has 0 saturated heterocycles. The van der Waals surface area contributed by atoms with E-state index in [1.165, 1.54) is 4.90 Å². The maximum atomic E-state index is 11.6. The Labute approximate surface area is 99.0 Å². The van der Waals surface area contributed by atoms with Gasteiger partial charge in [-0.15, -0.1) is 0 Å². The van der Waals surface area contributed by atoms with Gasteiger partial charge >= 0.3 is 0 Å². The van der Waals surface area contributed by atoms with Gasteiger partial charge < -0.3 is 10.2 Å². The molecular formula is C10H12Cl2N2O. The second kappa shape index (κ2) is 5.35. The van der Waals surface area contributed by atoms with Gasteiger partial charge in [-0.3, -0.25) is 4.79 Å². The number of nitrogens with one attached hydrogen (secondary N) is 1. The number of nitrogens with zero attached hydrogens (tertiary/aromatic N) is 1. The number of amides is 1. The highest BCUT2D eigenvalue weighted by molar-refractivity contribution is 6.35. The number of rotatable bonds is 3. The Morgan fingerprint density at radius 1 is 1.47 bits per heavy atom. The zero-order valence-corrected chi connectivity index (χ0v) is 10.1. The number of benzene rings is 1. The van der Waals surface area contributed by atoms with Gasteiger partial charge in [-0.05, 0) is 25.2 Å². The van der Waals surface area contributed by atoms with Crippen molar-refractivity contribution in [3.05, 3.63) is 28.2 Å². The van der Waals surface area contributed by atoms with Crippen LogP contribution in [0.4, 0.5) is 5.69 Å². The Hall–Kier alpha value is -0.770. The molecule has 0 unspecified atom stereocenters. The van der Waals surface area contributed by atoms with Gasteiger partial charge in [0.15, 0.2) is 0 Å². The van der Waals surface area contributed by atoms with Crippen molar-refractivity contribution in [3.8, 4) is 0 Å². The number of hydrogen-bond acceptors (Lipinski definition) is 2. The minimum absolute atomic E-state index is 0.0679. The molecule has 0 bridgehead atoms. The lowest BCUT2D eigenvalue weighted by atomic mass is 10.3. The van der Waals surface area contributed by atoms with Crippen LogP contribution in [0.1, 0.15) is 0 Å². The van der Waals surface area contributed by atoms with Crippen molar-refractivity contribution in [1.29, 1.82) is 0 Å². The predicted octanol–water partition coefficient (Wildman–Crippen LogP) is 2.18. The largest absolute Gasteiger partial charge is 0.313 e. The maximum Gasteiger partial charge on any atom is 0.240 e. The first kappa shape index (κ1) is 12.3. The van der Waals surface area contributed by atoms with E-state index in [2.05, 4.69) is 5.32 Å². The fourth-order valence-corrected chi connectivity index (χ4v) is 1.56. The molecule has 1 N–H and O–H groups in total. The molecule has 1 amide bonds. The van der Waals surface area contributed by atoms with Gasteiger partial charge in [-0.25, -0.2) is 0 Å². The fourth-order valence-electron chi connectivity index (χ4n) is 1.15. The van der Waals surface area contributed by atoms with Crippen LogP contribution >= 0.6 is 23.2 Å². The summed E-state index contributed by atoms with van der Waals surface area (Å²) in [6.07, 6.45) is 0. The minimum atomic E-state index is -0.0679. The van der Waals surface area contributed by atoms with E-state index < -0.39 is 0 Å². The third-order valence-electron chi connectivity index (χ3n) is 1.97. The zero-order valence-electron chi connectivity index (χ0n) is 8.55. The first-order valence-electron chi connectivity index (χ1n) is 4.42. The summed E-state index contributed by atoms with van der Waals surface area (Å²) in [4.78, 5) is 13.0. The van der Waals surface area contributed by atoms with E-state index >= 15 is 0 Å². The molecule has 0 atom stereocenters. The molecule has 0 aliphatic heterocycles. The van der Waals surface area contributed by atoms with Crippen molar-refractivity contribution >= 4 is 34.8 Å². The molecule has 1 aromatic rings. The van der Waals surface area contributed by atoms with E-state index in [0.717, 1.165) is 0 Å². The Morgan fingerprint density at radius 2 is 2.13 bits per heavy atom. The van der Waals surface area contributed by atoms with Crippen LogP contribution in [0.25, 0.3) is 0 Å². The number of carbonyl (C=O) groups excluding carboxylic acids is 1. The van der Waals surface area contributed by atoms with Crippen LogP contribution in [-0.2, 0) is 4.79 Å². The molecule has 0 radical (unpaired) electrons. The second-order valence-electron chi connectivity index (χ2n) is 3.08. The summed E-state index contributed by atoms with van der Waals surface area (Å²) in [6, 6.07) is 5.02. The lowest BCUT2D eigenvalue weighted by molar-refractivity contribution is -0.117. The summed E-state index contributed by atoms with van der Waals surface area (Å²) in [5.41, 5.74) is 0.615. The molecule has 0 aliphatic carbocycles. The van der Waals surface area contributed by atoms with E-state index in [-0.39, 0.29) is 12.5 Å². The molecule has 82 valence electrons. The zero-order chi connectivity index (χ0) is 11.4. The number of anilines is 1. The first-order valence-corrected chi connectivity index (χ1v) is 5.18. The molecule has 0 saturated carbocycles. The SMILES string of the molecule is CNCC(=O)N(C)c1cc(Cl)ccc1Cl. The molecule has 1 rings (SSSR count). The number of likely N-dealkylation sites (N-methyl/N-ethyl adjacent to an activating group) is 2. The van der Waals surface area contributed by atoms with Crippen molar-refractivity contribution < 1.29 is 4.79 Å². The highest BCUT2D eigenvalue weighted by atomic mass is 35.5. The topological polar surface area (TPSA) is 32.3 Å². The maximum absolute atomic E-state index is 11.6. The minimum Gasteiger partial charge on any atom is -0.313 e. The average molecular weight is 247 g/mol. The Balaban J connectivity index is 2.94. The van der Waals surface area contributed by atoms with Gasteiger partial charge in [0.05, 0.1) is 17.3 Å². The lowest BCUT2D eigenvalue weighted by Gasteiger charge is -2.18. The molecule has 0 aromatic heterocycles. The molecular weight excluding hydrogens is 235 g/mol. The normalized spacial score (nSPS) is 10.1. The van der Waals surface area contributed by atoms with Crippen LogP contribution in [-0.4, -0.2) is 26.5 Å². The van der Waals surface area contributed by atoms with Crippen molar-refractivity contribution in [2.75, 3.05) is 25.5 Å². The molecule has 5 heteroatoms. The smallest absolute Gasteiger partial charge is 0.240 e. The molecule has 1 aromatic carbocycles. The lowest BCUT2D eigenvalue weighted by Crippen LogP contribution is -2.34. The van der Waals surface area contributed by atoms with Crippen molar-refractivity contribution in [1.82, 2.24) is 5.32 Å². The van der Waals surface area contributed by atoms with E-state index in [4.69, 9.17) is 23.2 Å². The number of halogens is 2. The van der Waals surface area contributed by atoms with Crippen LogP contribution in [0.5, 0.6) is 0 Å². The Kier molecular flexibility index (Phi) is 4.39. The van der Waals surface area contributed by atoms with Gasteiger partial charge in [0.2, 0.25) is 5.91 Å². The third kappa shape index (κ3) is 3.09. The fraction of sp³-hybridized carbons (Fsp3) is 0.300. The Bertz CT molecular complexity index is 368. The highest BCUT2D eigenvalue weighted by Crippen LogP contribution is 2.28. The number of carbonyl (C=O) groups is 1. The third-order valence-corrected chi connectivity index (χ3v) is 2.53. The van der Waals surface area contributed by atoms with E-state index in [9.17, 15) is 4.79 Å². The van der Waals surface area contributed by atoms with Gasteiger partial charge in [0.25, 0.3) is 0 Å². The summed E-state index contributed by atoms with van der Waals surface area (Å²) >= 11 is 11.8. The van der Waals surface area contributed by atoms with Crippen LogP contribution in [0.2, 0.25) is 10.0 Å². The van der Waals surface area contributed by atoms with Crippen molar-refractivity contribution in [2.24, 2.45) is 0 Å². The summed E-state index contributed by atoms with van der Waals surface area (Å²) in [5.74, 6) is -0.0679. The highest BCUT2D eigenvalue weighted by Gasteiger charge is 2.13. The van der Waals surface area contributed by atoms with E-state index in [1.54, 1.807) is 32.3 Å². The average Bonchev–Trinajstić information content (AvgIpc) is 2.21. The van der Waals surface area contributed by atoms with Crippen LogP contribution in [0.3, 0.4) is 0 Å². The number of hydrogen-bond donors (Lipinski definition) is 1. The van der Waals surface area contributed by atoms with Gasteiger partial charge in [0.1, 0.15) is 0 Å². The summed E-state index contributed by atoms with van der Waals surface area (Å²) in [7, 11) is 3.38. The molecule has 0 aliphatic rings. The molecule has 0 spiro atoms. The molecule has 0 fully saturated rings. The quantitative estimate of drug-likeness (QED) is 0.887. The van der Waals surface area contributed by atoms with Crippen LogP contribution in [0.15, 0.2) is 18.2 Å². The molecule has 3 nitrogen and oxygen atoms in total. The summed E-state index contributed by atoms with van der Waals surface area (Å²) < 4.78 is 0. The van der Waals surface area contributed by atoms with Gasteiger partial charge in [0, 0.05) is 12.1 Å². The summed E-state index contributed by atoms with van der Waals surface area (Å²) in [6.45, 7) is 0.263. The van der Waals surface area contributed by atoms with Crippen LogP contribution in [0, 0.1) is 0 Å². The second-order valence-corrected chi connectivity index (χ2v) is 3.92. The standard InChI is InChI=1S/C10H12Cl2N2O/c1-13-6-10(15)14(2)9-5-7(11)3-4-8(9)12/h3-5,13H,6H2,1-2H3. The van der Waals surface area contributed by atoms with Gasteiger partial charge in [-0.2, -0.15) is 0 Å². The van der Waals surface area contributed by atoms with E-state index in [1.807, 2.05) is 0 Å².